The van der Waals surface area contributed by atoms with Crippen LogP contribution in [0.2, 0.25) is 0 Å². The molecule has 0 amide bonds. The summed E-state index contributed by atoms with van der Waals surface area (Å²) in [5.74, 6) is 0.998. The number of fused-ring (bicyclic) bond motifs is 2. The van der Waals surface area contributed by atoms with Gasteiger partial charge in [-0.15, -0.1) is 0 Å². The van der Waals surface area contributed by atoms with Gasteiger partial charge in [-0.25, -0.2) is 0 Å². The fourth-order valence-electron chi connectivity index (χ4n) is 3.85. The van der Waals surface area contributed by atoms with Gasteiger partial charge in [-0.3, -0.25) is 0 Å². The van der Waals surface area contributed by atoms with Gasteiger partial charge in [0.1, 0.15) is 0 Å². The fourth-order valence-corrected chi connectivity index (χ4v) is 3.85. The van der Waals surface area contributed by atoms with Crippen LogP contribution in [-0.4, -0.2) is 0 Å². The molecular formula is C16H16. The first-order valence-electron chi connectivity index (χ1n) is 6.38. The van der Waals surface area contributed by atoms with Crippen molar-refractivity contribution >= 4 is 10.8 Å². The Morgan fingerprint density at radius 3 is 2.69 bits per heavy atom. The zero-order valence-corrected chi connectivity index (χ0v) is 9.45. The standard InChI is InChI=1S/C16H16/c1-2-8-14-12(5-1)6-3-9-15(14)16-10-4-7-13(16)11-16/h1-3,5-6,8-9,13H,4,7,10-11H2/t13-,16-/m0/s1. The van der Waals surface area contributed by atoms with Crippen molar-refractivity contribution in [2.24, 2.45) is 5.92 Å². The van der Waals surface area contributed by atoms with Crippen LogP contribution in [0.15, 0.2) is 42.5 Å². The molecule has 0 heteroatoms. The summed E-state index contributed by atoms with van der Waals surface area (Å²) in [6.45, 7) is 0. The van der Waals surface area contributed by atoms with E-state index in [9.17, 15) is 0 Å². The Balaban J connectivity index is 1.98. The summed E-state index contributed by atoms with van der Waals surface area (Å²) >= 11 is 0. The van der Waals surface area contributed by atoms with Crippen molar-refractivity contribution in [1.29, 1.82) is 0 Å². The van der Waals surface area contributed by atoms with Gasteiger partial charge in [0.05, 0.1) is 0 Å². The molecule has 0 spiro atoms. The number of benzene rings is 2. The monoisotopic (exact) mass is 208 g/mol. The van der Waals surface area contributed by atoms with Crippen LogP contribution in [0.5, 0.6) is 0 Å². The topological polar surface area (TPSA) is 0 Å². The average molecular weight is 208 g/mol. The van der Waals surface area contributed by atoms with Crippen LogP contribution < -0.4 is 0 Å². The van der Waals surface area contributed by atoms with E-state index in [-0.39, 0.29) is 0 Å². The van der Waals surface area contributed by atoms with Gasteiger partial charge in [0.25, 0.3) is 0 Å². The fraction of sp³-hybridized carbons (Fsp3) is 0.375. The Morgan fingerprint density at radius 2 is 1.88 bits per heavy atom. The lowest BCUT2D eigenvalue weighted by molar-refractivity contribution is 0.662. The second kappa shape index (κ2) is 2.88. The first-order chi connectivity index (χ1) is 7.90. The Bertz CT molecular complexity index is 549. The van der Waals surface area contributed by atoms with E-state index in [1.54, 1.807) is 5.56 Å². The molecular weight excluding hydrogens is 192 g/mol. The molecule has 0 bridgehead atoms. The quantitative estimate of drug-likeness (QED) is 0.656. The van der Waals surface area contributed by atoms with Crippen molar-refractivity contribution in [3.63, 3.8) is 0 Å². The molecule has 0 unspecified atom stereocenters. The largest absolute Gasteiger partial charge is 0.0616 e. The van der Waals surface area contributed by atoms with Gasteiger partial charge < -0.3 is 0 Å². The van der Waals surface area contributed by atoms with E-state index in [0.29, 0.717) is 5.41 Å². The summed E-state index contributed by atoms with van der Waals surface area (Å²) in [6, 6.07) is 15.7. The molecule has 0 N–H and O–H groups in total. The Labute approximate surface area is 96.3 Å². The molecule has 2 atom stereocenters. The summed E-state index contributed by atoms with van der Waals surface area (Å²) in [4.78, 5) is 0. The number of rotatable bonds is 1. The predicted molar refractivity (Wildman–Crippen MR) is 67.6 cm³/mol. The summed E-state index contributed by atoms with van der Waals surface area (Å²) in [7, 11) is 0. The zero-order valence-electron chi connectivity index (χ0n) is 9.45. The third kappa shape index (κ3) is 1.000. The van der Waals surface area contributed by atoms with Crippen molar-refractivity contribution in [2.45, 2.75) is 31.1 Å². The molecule has 2 fully saturated rings. The maximum absolute atomic E-state index is 2.37. The molecule has 2 saturated carbocycles. The van der Waals surface area contributed by atoms with Crippen LogP contribution in [-0.2, 0) is 5.41 Å². The van der Waals surface area contributed by atoms with E-state index in [0.717, 1.165) is 5.92 Å². The van der Waals surface area contributed by atoms with Crippen LogP contribution in [0.1, 0.15) is 31.2 Å². The van der Waals surface area contributed by atoms with Crippen LogP contribution in [0.25, 0.3) is 10.8 Å². The predicted octanol–water partition coefficient (Wildman–Crippen LogP) is 4.28. The molecule has 0 nitrogen and oxygen atoms in total. The van der Waals surface area contributed by atoms with E-state index in [1.807, 2.05) is 0 Å². The van der Waals surface area contributed by atoms with Crippen LogP contribution in [0, 0.1) is 5.92 Å². The maximum atomic E-state index is 2.37. The highest BCUT2D eigenvalue weighted by Gasteiger charge is 2.57. The third-order valence-electron chi connectivity index (χ3n) is 4.73. The van der Waals surface area contributed by atoms with E-state index < -0.39 is 0 Å². The molecule has 0 aromatic heterocycles. The zero-order chi connectivity index (χ0) is 10.6. The summed E-state index contributed by atoms with van der Waals surface area (Å²) in [5.41, 5.74) is 2.22. The molecule has 0 saturated heterocycles. The van der Waals surface area contributed by atoms with Crippen LogP contribution in [0.4, 0.5) is 0 Å². The van der Waals surface area contributed by atoms with Gasteiger partial charge in [0, 0.05) is 0 Å². The Morgan fingerprint density at radius 1 is 1.00 bits per heavy atom. The molecule has 2 aliphatic rings. The highest BCUT2D eigenvalue weighted by Crippen LogP contribution is 2.65. The minimum Gasteiger partial charge on any atom is -0.0616 e. The Hall–Kier alpha value is -1.30. The van der Waals surface area contributed by atoms with Crippen molar-refractivity contribution < 1.29 is 0 Å². The average Bonchev–Trinajstić information content (AvgIpc) is 2.91. The van der Waals surface area contributed by atoms with E-state index in [4.69, 9.17) is 0 Å². The van der Waals surface area contributed by atoms with Gasteiger partial charge in [-0.05, 0) is 46.9 Å². The molecule has 2 aliphatic carbocycles. The lowest BCUT2D eigenvalue weighted by atomic mass is 9.89. The van der Waals surface area contributed by atoms with E-state index >= 15 is 0 Å². The van der Waals surface area contributed by atoms with Gasteiger partial charge in [-0.1, -0.05) is 48.9 Å². The summed E-state index contributed by atoms with van der Waals surface area (Å²) < 4.78 is 0. The Kier molecular flexibility index (Phi) is 1.59. The first-order valence-corrected chi connectivity index (χ1v) is 6.38. The van der Waals surface area contributed by atoms with Crippen molar-refractivity contribution in [1.82, 2.24) is 0 Å². The molecule has 4 rings (SSSR count). The lowest BCUT2D eigenvalue weighted by Gasteiger charge is -2.15. The SMILES string of the molecule is c1ccc2c([C@]34CCC[C@H]3C4)cccc2c1. The van der Waals surface area contributed by atoms with Gasteiger partial charge in [-0.2, -0.15) is 0 Å². The van der Waals surface area contributed by atoms with Crippen molar-refractivity contribution in [3.8, 4) is 0 Å². The normalized spacial score (nSPS) is 31.6. The molecule has 2 aromatic carbocycles. The molecule has 2 aromatic rings. The molecule has 0 radical (unpaired) electrons. The second-order valence-corrected chi connectivity index (χ2v) is 5.48. The summed E-state index contributed by atoms with van der Waals surface area (Å²) in [6.07, 6.45) is 5.77. The van der Waals surface area contributed by atoms with Gasteiger partial charge in [0.15, 0.2) is 0 Å². The van der Waals surface area contributed by atoms with Gasteiger partial charge in [0.2, 0.25) is 0 Å². The highest BCUT2D eigenvalue weighted by atomic mass is 14.6. The third-order valence-corrected chi connectivity index (χ3v) is 4.73. The lowest BCUT2D eigenvalue weighted by Crippen LogP contribution is -2.05. The van der Waals surface area contributed by atoms with E-state index in [2.05, 4.69) is 42.5 Å². The second-order valence-electron chi connectivity index (χ2n) is 5.48. The van der Waals surface area contributed by atoms with Crippen molar-refractivity contribution in [3.05, 3.63) is 48.0 Å². The van der Waals surface area contributed by atoms with Gasteiger partial charge >= 0.3 is 0 Å². The number of hydrogen-bond donors (Lipinski definition) is 0. The molecule has 0 aliphatic heterocycles. The number of hydrogen-bond acceptors (Lipinski definition) is 0. The minimum absolute atomic E-state index is 0.584. The maximum Gasteiger partial charge on any atom is -0.000934 e. The minimum atomic E-state index is 0.584. The van der Waals surface area contributed by atoms with Crippen LogP contribution >= 0.6 is 0 Å². The van der Waals surface area contributed by atoms with Crippen LogP contribution in [0.3, 0.4) is 0 Å². The first kappa shape index (κ1) is 8.81. The smallest absolute Gasteiger partial charge is 0.000934 e. The molecule has 16 heavy (non-hydrogen) atoms. The molecule has 0 heterocycles. The van der Waals surface area contributed by atoms with Crippen molar-refractivity contribution in [2.75, 3.05) is 0 Å². The van der Waals surface area contributed by atoms with E-state index in [1.165, 1.54) is 36.5 Å². The highest BCUT2D eigenvalue weighted by molar-refractivity contribution is 5.87. The molecule has 80 valence electrons. The summed E-state index contributed by atoms with van der Waals surface area (Å²) in [5, 5.41) is 2.90.